The summed E-state index contributed by atoms with van der Waals surface area (Å²) in [6.45, 7) is 0. The second kappa shape index (κ2) is 5.69. The predicted octanol–water partition coefficient (Wildman–Crippen LogP) is 3.28. The van der Waals surface area contributed by atoms with Crippen molar-refractivity contribution in [3.8, 4) is 17.0 Å². The number of rotatable bonds is 4. The van der Waals surface area contributed by atoms with E-state index in [1.54, 1.807) is 30.5 Å². The van der Waals surface area contributed by atoms with Crippen LogP contribution in [0.25, 0.3) is 11.3 Å². The van der Waals surface area contributed by atoms with Crippen LogP contribution in [0.4, 0.5) is 5.69 Å². The summed E-state index contributed by atoms with van der Waals surface area (Å²) in [5, 5.41) is 27.5. The van der Waals surface area contributed by atoms with Gasteiger partial charge in [0.05, 0.1) is 16.8 Å². The summed E-state index contributed by atoms with van der Waals surface area (Å²) in [5.74, 6) is 0.177. The van der Waals surface area contributed by atoms with E-state index in [2.05, 4.69) is 10.2 Å². The van der Waals surface area contributed by atoms with Crippen LogP contribution in [0.2, 0.25) is 0 Å². The zero-order valence-electron chi connectivity index (χ0n) is 11.6. The van der Waals surface area contributed by atoms with Crippen LogP contribution < -0.4 is 0 Å². The molecule has 0 fully saturated rings. The van der Waals surface area contributed by atoms with Gasteiger partial charge in [-0.1, -0.05) is 24.3 Å². The first-order valence-corrected chi connectivity index (χ1v) is 6.69. The second-order valence-corrected chi connectivity index (χ2v) is 4.89. The van der Waals surface area contributed by atoms with Crippen molar-refractivity contribution >= 4 is 5.69 Å². The number of phenols is 1. The van der Waals surface area contributed by atoms with E-state index in [0.717, 1.165) is 16.8 Å². The van der Waals surface area contributed by atoms with Crippen LogP contribution in [-0.4, -0.2) is 20.2 Å². The number of nitro groups is 1. The molecule has 1 aromatic heterocycles. The Morgan fingerprint density at radius 2 is 1.86 bits per heavy atom. The van der Waals surface area contributed by atoms with E-state index in [1.807, 2.05) is 12.1 Å². The summed E-state index contributed by atoms with van der Waals surface area (Å²) in [6, 6.07) is 13.4. The number of aromatic amines is 1. The fraction of sp³-hybridized carbons (Fsp3) is 0.0625. The number of H-pyrrole nitrogens is 1. The molecule has 0 aliphatic rings. The van der Waals surface area contributed by atoms with Crippen molar-refractivity contribution in [3.63, 3.8) is 0 Å². The van der Waals surface area contributed by atoms with Crippen LogP contribution in [-0.2, 0) is 6.42 Å². The lowest BCUT2D eigenvalue weighted by atomic mass is 10.0. The van der Waals surface area contributed by atoms with Gasteiger partial charge in [-0.15, -0.1) is 0 Å². The number of para-hydroxylation sites is 1. The number of aromatic nitrogens is 2. The van der Waals surface area contributed by atoms with Gasteiger partial charge >= 0.3 is 0 Å². The molecule has 2 N–H and O–H groups in total. The Bertz CT molecular complexity index is 810. The fourth-order valence-electron chi connectivity index (χ4n) is 2.32. The van der Waals surface area contributed by atoms with Gasteiger partial charge in [-0.25, -0.2) is 0 Å². The largest absolute Gasteiger partial charge is 0.507 e. The number of nitrogens with zero attached hydrogens (tertiary/aromatic N) is 2. The Kier molecular flexibility index (Phi) is 3.57. The van der Waals surface area contributed by atoms with E-state index < -0.39 is 4.92 Å². The quantitative estimate of drug-likeness (QED) is 0.570. The van der Waals surface area contributed by atoms with E-state index in [0.29, 0.717) is 12.0 Å². The van der Waals surface area contributed by atoms with Gasteiger partial charge in [0.15, 0.2) is 0 Å². The van der Waals surface area contributed by atoms with Crippen molar-refractivity contribution in [3.05, 3.63) is 76.0 Å². The zero-order chi connectivity index (χ0) is 15.5. The summed E-state index contributed by atoms with van der Waals surface area (Å²) >= 11 is 0. The number of hydrogen-bond donors (Lipinski definition) is 2. The Hall–Kier alpha value is -3.15. The van der Waals surface area contributed by atoms with Crippen molar-refractivity contribution in [2.24, 2.45) is 0 Å². The molecule has 0 unspecified atom stereocenters. The molecule has 2 aromatic carbocycles. The minimum Gasteiger partial charge on any atom is -0.507 e. The lowest BCUT2D eigenvalue weighted by molar-refractivity contribution is -0.384. The first-order chi connectivity index (χ1) is 10.6. The molecule has 0 saturated heterocycles. The third kappa shape index (κ3) is 2.67. The topological polar surface area (TPSA) is 92.0 Å². The van der Waals surface area contributed by atoms with Crippen LogP contribution in [0.1, 0.15) is 11.1 Å². The third-order valence-corrected chi connectivity index (χ3v) is 3.43. The van der Waals surface area contributed by atoms with Crippen molar-refractivity contribution in [1.29, 1.82) is 0 Å². The number of hydrogen-bond acceptors (Lipinski definition) is 4. The maximum Gasteiger partial charge on any atom is 0.269 e. The number of nitrogens with one attached hydrogen (secondary N) is 1. The molecule has 0 radical (unpaired) electrons. The average Bonchev–Trinajstić information content (AvgIpc) is 2.96. The van der Waals surface area contributed by atoms with Crippen molar-refractivity contribution in [1.82, 2.24) is 10.2 Å². The van der Waals surface area contributed by atoms with Crippen molar-refractivity contribution in [2.75, 3.05) is 0 Å². The molecule has 3 rings (SSSR count). The van der Waals surface area contributed by atoms with E-state index in [-0.39, 0.29) is 11.4 Å². The van der Waals surface area contributed by atoms with Crippen LogP contribution in [0.5, 0.6) is 5.75 Å². The maximum atomic E-state index is 10.7. The molecule has 110 valence electrons. The lowest BCUT2D eigenvalue weighted by Crippen LogP contribution is -1.92. The first kappa shape index (κ1) is 13.8. The minimum atomic E-state index is -0.422. The summed E-state index contributed by atoms with van der Waals surface area (Å²) in [6.07, 6.45) is 2.27. The highest BCUT2D eigenvalue weighted by Gasteiger charge is 2.12. The van der Waals surface area contributed by atoms with E-state index >= 15 is 0 Å². The summed E-state index contributed by atoms with van der Waals surface area (Å²) in [7, 11) is 0. The molecule has 22 heavy (non-hydrogen) atoms. The minimum absolute atomic E-state index is 0.0665. The number of non-ortho nitro benzene ring substituents is 1. The molecule has 0 aliphatic carbocycles. The SMILES string of the molecule is O=[N+]([O-])c1ccc(Cc2cn[nH]c2-c2ccccc2O)cc1. The predicted molar refractivity (Wildman–Crippen MR) is 81.6 cm³/mol. The molecular weight excluding hydrogens is 282 g/mol. The van der Waals surface area contributed by atoms with Crippen LogP contribution in [0.3, 0.4) is 0 Å². The molecule has 0 amide bonds. The Morgan fingerprint density at radius 1 is 1.14 bits per heavy atom. The molecule has 0 spiro atoms. The van der Waals surface area contributed by atoms with Crippen LogP contribution in [0, 0.1) is 10.1 Å². The van der Waals surface area contributed by atoms with Crippen LogP contribution in [0.15, 0.2) is 54.7 Å². The Morgan fingerprint density at radius 3 is 2.55 bits per heavy atom. The smallest absolute Gasteiger partial charge is 0.269 e. The van der Waals surface area contributed by atoms with Gasteiger partial charge in [-0.3, -0.25) is 15.2 Å². The van der Waals surface area contributed by atoms with E-state index in [1.165, 1.54) is 12.1 Å². The summed E-state index contributed by atoms with van der Waals surface area (Å²) in [5.41, 5.74) is 3.34. The summed E-state index contributed by atoms with van der Waals surface area (Å²) < 4.78 is 0. The van der Waals surface area contributed by atoms with Gasteiger partial charge < -0.3 is 5.11 Å². The van der Waals surface area contributed by atoms with E-state index in [4.69, 9.17) is 0 Å². The van der Waals surface area contributed by atoms with Crippen molar-refractivity contribution in [2.45, 2.75) is 6.42 Å². The molecule has 0 saturated carbocycles. The molecule has 3 aromatic rings. The summed E-state index contributed by atoms with van der Waals surface area (Å²) in [4.78, 5) is 10.2. The highest BCUT2D eigenvalue weighted by atomic mass is 16.6. The molecule has 0 bridgehead atoms. The lowest BCUT2D eigenvalue weighted by Gasteiger charge is -2.05. The van der Waals surface area contributed by atoms with Gasteiger partial charge in [0.1, 0.15) is 5.75 Å². The molecule has 6 nitrogen and oxygen atoms in total. The van der Waals surface area contributed by atoms with Gasteiger partial charge in [0.2, 0.25) is 0 Å². The number of benzene rings is 2. The van der Waals surface area contributed by atoms with Crippen LogP contribution >= 0.6 is 0 Å². The second-order valence-electron chi connectivity index (χ2n) is 4.89. The Balaban J connectivity index is 1.90. The van der Waals surface area contributed by atoms with Gasteiger partial charge in [0, 0.05) is 29.7 Å². The molecule has 0 atom stereocenters. The zero-order valence-corrected chi connectivity index (χ0v) is 11.6. The highest BCUT2D eigenvalue weighted by Crippen LogP contribution is 2.30. The maximum absolute atomic E-state index is 10.7. The standard InChI is InChI=1S/C16H13N3O3/c20-15-4-2-1-3-14(15)16-12(10-17-18-16)9-11-5-7-13(8-6-11)19(21)22/h1-8,10,20H,9H2,(H,17,18). The fourth-order valence-corrected chi connectivity index (χ4v) is 2.32. The Labute approximate surface area is 126 Å². The number of nitro benzene ring substituents is 1. The normalized spacial score (nSPS) is 10.5. The average molecular weight is 295 g/mol. The third-order valence-electron chi connectivity index (χ3n) is 3.43. The van der Waals surface area contributed by atoms with Crippen molar-refractivity contribution < 1.29 is 10.0 Å². The highest BCUT2D eigenvalue weighted by molar-refractivity contribution is 5.69. The number of phenolic OH excluding ortho intramolecular Hbond substituents is 1. The van der Waals surface area contributed by atoms with Gasteiger partial charge in [-0.05, 0) is 17.7 Å². The molecule has 1 heterocycles. The first-order valence-electron chi connectivity index (χ1n) is 6.69. The monoisotopic (exact) mass is 295 g/mol. The molecular formula is C16H13N3O3. The van der Waals surface area contributed by atoms with Gasteiger partial charge in [0.25, 0.3) is 5.69 Å². The number of aromatic hydroxyl groups is 1. The molecule has 0 aliphatic heterocycles. The molecule has 6 heteroatoms. The van der Waals surface area contributed by atoms with Gasteiger partial charge in [-0.2, -0.15) is 5.10 Å². The van der Waals surface area contributed by atoms with E-state index in [9.17, 15) is 15.2 Å².